The molecule has 0 amide bonds. The zero-order chi connectivity index (χ0) is 12.6. The second-order valence-electron chi connectivity index (χ2n) is 4.71. The maximum absolute atomic E-state index is 2.29. The number of hydrogen-bond acceptors (Lipinski definition) is 0. The molecule has 1 fully saturated rings. The van der Waals surface area contributed by atoms with Crippen molar-refractivity contribution in [2.45, 2.75) is 98.8 Å². The lowest BCUT2D eigenvalue weighted by Gasteiger charge is -2.06. The van der Waals surface area contributed by atoms with Crippen LogP contribution >= 0.6 is 0 Å². The molecule has 0 aromatic rings. The number of rotatable bonds is 5. The van der Waals surface area contributed by atoms with Gasteiger partial charge in [0.1, 0.15) is 0 Å². The van der Waals surface area contributed by atoms with E-state index in [1.165, 1.54) is 64.2 Å². The van der Waals surface area contributed by atoms with Crippen molar-refractivity contribution in [1.29, 1.82) is 0 Å². The fourth-order valence-corrected chi connectivity index (χ4v) is 2.16. The van der Waals surface area contributed by atoms with Gasteiger partial charge in [0.2, 0.25) is 0 Å². The Morgan fingerprint density at radius 1 is 0.812 bits per heavy atom. The minimum atomic E-state index is 1.12. The summed E-state index contributed by atoms with van der Waals surface area (Å²) >= 11 is 0. The largest absolute Gasteiger partial charge is 0.0683 e. The zero-order valence-electron chi connectivity index (χ0n) is 12.6. The monoisotopic (exact) mass is 228 g/mol. The molecule has 0 aromatic heterocycles. The maximum Gasteiger partial charge on any atom is -0.0414 e. The molecule has 0 aromatic carbocycles. The third-order valence-corrected chi connectivity index (χ3v) is 2.94. The fourth-order valence-electron chi connectivity index (χ4n) is 2.16. The summed E-state index contributed by atoms with van der Waals surface area (Å²) in [6.45, 7) is 10.5. The smallest absolute Gasteiger partial charge is 0.0414 e. The van der Waals surface area contributed by atoms with Crippen LogP contribution in [0.4, 0.5) is 0 Å². The lowest BCUT2D eigenvalue weighted by molar-refractivity contribution is 0.467. The molecule has 0 heteroatoms. The van der Waals surface area contributed by atoms with Crippen molar-refractivity contribution in [3.63, 3.8) is 0 Å². The van der Waals surface area contributed by atoms with E-state index < -0.39 is 0 Å². The van der Waals surface area contributed by atoms with E-state index in [1.807, 2.05) is 13.8 Å². The number of unbranched alkanes of at least 4 members (excludes halogenated alkanes) is 3. The molecule has 16 heavy (non-hydrogen) atoms. The van der Waals surface area contributed by atoms with Gasteiger partial charge < -0.3 is 0 Å². The third-order valence-electron chi connectivity index (χ3n) is 2.94. The first kappa shape index (κ1) is 18.4. The predicted molar refractivity (Wildman–Crippen MR) is 78.0 cm³/mol. The fraction of sp³-hybridized carbons (Fsp3) is 1.00. The van der Waals surface area contributed by atoms with E-state index in [0.29, 0.717) is 0 Å². The molecule has 1 saturated carbocycles. The molecule has 0 atom stereocenters. The van der Waals surface area contributed by atoms with Crippen molar-refractivity contribution >= 4 is 0 Å². The molecule has 0 N–H and O–H groups in total. The van der Waals surface area contributed by atoms with Crippen molar-refractivity contribution < 1.29 is 0 Å². The van der Waals surface area contributed by atoms with Crippen LogP contribution in [0.5, 0.6) is 0 Å². The molecule has 0 aliphatic heterocycles. The molecule has 1 aliphatic rings. The van der Waals surface area contributed by atoms with Crippen LogP contribution in [-0.4, -0.2) is 0 Å². The van der Waals surface area contributed by atoms with E-state index in [0.717, 1.165) is 5.92 Å². The van der Waals surface area contributed by atoms with Gasteiger partial charge in [-0.05, 0) is 5.92 Å². The van der Waals surface area contributed by atoms with Crippen molar-refractivity contribution in [2.24, 2.45) is 5.92 Å². The normalized spacial score (nSPS) is 14.8. The Kier molecular flexibility index (Phi) is 20.0. The average Bonchev–Trinajstić information content (AvgIpc) is 2.81. The summed E-state index contributed by atoms with van der Waals surface area (Å²) in [6.07, 6.45) is 14.7. The molecule has 0 radical (unpaired) electrons. The highest BCUT2D eigenvalue weighted by atomic mass is 14.2. The summed E-state index contributed by atoms with van der Waals surface area (Å²) < 4.78 is 0. The van der Waals surface area contributed by atoms with Gasteiger partial charge >= 0.3 is 0 Å². The van der Waals surface area contributed by atoms with Gasteiger partial charge in [0.25, 0.3) is 0 Å². The molecule has 0 bridgehead atoms. The number of hydrogen-bond donors (Lipinski definition) is 0. The Balaban J connectivity index is 0. The predicted octanol–water partition coefficient (Wildman–Crippen LogP) is 6.59. The van der Waals surface area contributed by atoms with Crippen LogP contribution in [0.3, 0.4) is 0 Å². The van der Waals surface area contributed by atoms with E-state index in [1.54, 1.807) is 0 Å². The van der Waals surface area contributed by atoms with Crippen LogP contribution in [0, 0.1) is 5.92 Å². The minimum absolute atomic E-state index is 1.12. The second kappa shape index (κ2) is 17.4. The van der Waals surface area contributed by atoms with Crippen LogP contribution in [0.25, 0.3) is 0 Å². The SMILES string of the molecule is CC.CCC.CCCCCCC1CCCC1. The van der Waals surface area contributed by atoms with Crippen LogP contribution in [-0.2, 0) is 0 Å². The molecule has 0 saturated heterocycles. The third kappa shape index (κ3) is 14.0. The van der Waals surface area contributed by atoms with Crippen LogP contribution < -0.4 is 0 Å². The summed E-state index contributed by atoms with van der Waals surface area (Å²) in [5.41, 5.74) is 0. The average molecular weight is 228 g/mol. The Morgan fingerprint density at radius 3 is 1.75 bits per heavy atom. The van der Waals surface area contributed by atoms with E-state index in [2.05, 4.69) is 20.8 Å². The minimum Gasteiger partial charge on any atom is -0.0683 e. The van der Waals surface area contributed by atoms with E-state index >= 15 is 0 Å². The molecule has 0 unspecified atom stereocenters. The zero-order valence-corrected chi connectivity index (χ0v) is 12.6. The molecule has 0 spiro atoms. The van der Waals surface area contributed by atoms with Gasteiger partial charge in [-0.15, -0.1) is 0 Å². The molecule has 0 heterocycles. The van der Waals surface area contributed by atoms with Gasteiger partial charge in [0, 0.05) is 0 Å². The van der Waals surface area contributed by atoms with E-state index in [4.69, 9.17) is 0 Å². The summed E-state index contributed by atoms with van der Waals surface area (Å²) in [5, 5.41) is 0. The van der Waals surface area contributed by atoms with Gasteiger partial charge in [-0.2, -0.15) is 0 Å². The summed E-state index contributed by atoms with van der Waals surface area (Å²) in [6, 6.07) is 0. The highest BCUT2D eigenvalue weighted by Gasteiger charge is 2.13. The van der Waals surface area contributed by atoms with Crippen LogP contribution in [0.2, 0.25) is 0 Å². The Labute approximate surface area is 105 Å². The maximum atomic E-state index is 2.29. The molecular formula is C16H36. The Hall–Kier alpha value is 0. The standard InChI is InChI=1S/C11H22.C3H8.C2H6/c1-2-3-4-5-8-11-9-6-7-10-11;1-3-2;1-2/h11H,2-10H2,1H3;3H2,1-2H3;1-2H3. The van der Waals surface area contributed by atoms with E-state index in [9.17, 15) is 0 Å². The van der Waals surface area contributed by atoms with Gasteiger partial charge in [0.05, 0.1) is 0 Å². The lowest BCUT2D eigenvalue weighted by Crippen LogP contribution is -1.92. The summed E-state index contributed by atoms with van der Waals surface area (Å²) in [5.74, 6) is 1.12. The first-order chi connectivity index (χ1) is 7.85. The van der Waals surface area contributed by atoms with Crippen molar-refractivity contribution in [1.82, 2.24) is 0 Å². The van der Waals surface area contributed by atoms with Crippen molar-refractivity contribution in [3.8, 4) is 0 Å². The summed E-state index contributed by atoms with van der Waals surface area (Å²) in [7, 11) is 0. The lowest BCUT2D eigenvalue weighted by atomic mass is 10.00. The van der Waals surface area contributed by atoms with Gasteiger partial charge in [-0.3, -0.25) is 0 Å². The molecular weight excluding hydrogens is 192 g/mol. The second-order valence-corrected chi connectivity index (χ2v) is 4.71. The topological polar surface area (TPSA) is 0 Å². The summed E-state index contributed by atoms with van der Waals surface area (Å²) in [4.78, 5) is 0. The Bertz CT molecular complexity index is 90.2. The van der Waals surface area contributed by atoms with Crippen molar-refractivity contribution in [3.05, 3.63) is 0 Å². The first-order valence-electron chi connectivity index (χ1n) is 7.85. The quantitative estimate of drug-likeness (QED) is 0.466. The van der Waals surface area contributed by atoms with Crippen LogP contribution in [0.15, 0.2) is 0 Å². The van der Waals surface area contributed by atoms with Gasteiger partial charge in [0.15, 0.2) is 0 Å². The molecule has 100 valence electrons. The van der Waals surface area contributed by atoms with Gasteiger partial charge in [-0.1, -0.05) is 98.8 Å². The molecule has 1 aliphatic carbocycles. The first-order valence-corrected chi connectivity index (χ1v) is 7.85. The van der Waals surface area contributed by atoms with E-state index in [-0.39, 0.29) is 0 Å². The highest BCUT2D eigenvalue weighted by Crippen LogP contribution is 2.29. The Morgan fingerprint density at radius 2 is 1.31 bits per heavy atom. The van der Waals surface area contributed by atoms with Gasteiger partial charge in [-0.25, -0.2) is 0 Å². The van der Waals surface area contributed by atoms with Crippen molar-refractivity contribution in [2.75, 3.05) is 0 Å². The molecule has 0 nitrogen and oxygen atoms in total. The highest BCUT2D eigenvalue weighted by molar-refractivity contribution is 4.66. The van der Waals surface area contributed by atoms with Crippen LogP contribution in [0.1, 0.15) is 98.8 Å². The molecule has 1 rings (SSSR count).